The van der Waals surface area contributed by atoms with Crippen molar-refractivity contribution in [1.29, 1.82) is 0 Å². The van der Waals surface area contributed by atoms with Crippen molar-refractivity contribution in [1.82, 2.24) is 9.88 Å². The molecule has 0 unspecified atom stereocenters. The zero-order valence-electron chi connectivity index (χ0n) is 9.96. The van der Waals surface area contributed by atoms with Crippen molar-refractivity contribution < 1.29 is 0 Å². The lowest BCUT2D eigenvalue weighted by Gasteiger charge is -2.07. The third kappa shape index (κ3) is 2.34. The van der Waals surface area contributed by atoms with Crippen molar-refractivity contribution in [3.63, 3.8) is 0 Å². The molecule has 1 heterocycles. The Kier molecular flexibility index (Phi) is 3.11. The highest BCUT2D eigenvalue weighted by Crippen LogP contribution is 2.18. The van der Waals surface area contributed by atoms with Crippen LogP contribution >= 0.6 is 0 Å². The summed E-state index contributed by atoms with van der Waals surface area (Å²) in [6.07, 6.45) is 2.94. The fraction of sp³-hybridized carbons (Fsp3) is 0.286. The summed E-state index contributed by atoms with van der Waals surface area (Å²) in [5.74, 6) is 0. The second kappa shape index (κ2) is 4.54. The van der Waals surface area contributed by atoms with Gasteiger partial charge in [0.1, 0.15) is 0 Å². The van der Waals surface area contributed by atoms with E-state index in [4.69, 9.17) is 0 Å². The molecule has 84 valence electrons. The van der Waals surface area contributed by atoms with Gasteiger partial charge in [-0.2, -0.15) is 0 Å². The highest BCUT2D eigenvalue weighted by Gasteiger charge is 2.01. The summed E-state index contributed by atoms with van der Waals surface area (Å²) in [5, 5.41) is 1.27. The van der Waals surface area contributed by atoms with Crippen LogP contribution in [0.3, 0.4) is 0 Å². The summed E-state index contributed by atoms with van der Waals surface area (Å²) in [6.45, 7) is 4.86. The minimum atomic E-state index is 1.06. The van der Waals surface area contributed by atoms with Crippen LogP contribution in [0.1, 0.15) is 11.3 Å². The number of likely N-dealkylation sites (N-methyl/N-ethyl adjacent to an activating group) is 1. The van der Waals surface area contributed by atoms with E-state index in [1.807, 2.05) is 6.08 Å². The normalized spacial score (nSPS) is 11.2. The number of rotatable bonds is 4. The number of nitrogens with one attached hydrogen (secondary N) is 1. The van der Waals surface area contributed by atoms with Crippen LogP contribution in [-0.2, 0) is 6.42 Å². The number of hydrogen-bond acceptors (Lipinski definition) is 1. The molecule has 0 fully saturated rings. The molecular formula is C14H18N2. The number of aromatic amines is 1. The molecule has 0 amide bonds. The molecule has 1 aromatic carbocycles. The van der Waals surface area contributed by atoms with E-state index in [9.17, 15) is 0 Å². The van der Waals surface area contributed by atoms with E-state index >= 15 is 0 Å². The number of benzene rings is 1. The number of aromatic nitrogens is 1. The highest BCUT2D eigenvalue weighted by molar-refractivity contribution is 5.82. The molecule has 0 bridgehead atoms. The summed E-state index contributed by atoms with van der Waals surface area (Å²) in [7, 11) is 4.19. The average molecular weight is 214 g/mol. The number of hydrogen-bond donors (Lipinski definition) is 1. The van der Waals surface area contributed by atoms with E-state index in [0.29, 0.717) is 0 Å². The summed E-state index contributed by atoms with van der Waals surface area (Å²) >= 11 is 0. The first kappa shape index (κ1) is 11.0. The maximum Gasteiger partial charge on any atom is 0.0456 e. The predicted octanol–water partition coefficient (Wildman–Crippen LogP) is 2.92. The van der Waals surface area contributed by atoms with Crippen molar-refractivity contribution in [2.24, 2.45) is 0 Å². The largest absolute Gasteiger partial charge is 0.358 e. The lowest BCUT2D eigenvalue weighted by atomic mass is 10.1. The Bertz CT molecular complexity index is 494. The van der Waals surface area contributed by atoms with Crippen LogP contribution in [0.25, 0.3) is 17.0 Å². The van der Waals surface area contributed by atoms with E-state index in [2.05, 4.69) is 54.8 Å². The van der Waals surface area contributed by atoms with Crippen LogP contribution in [0, 0.1) is 0 Å². The molecule has 2 rings (SSSR count). The maximum atomic E-state index is 3.79. The molecule has 2 aromatic rings. The number of nitrogens with zero attached hydrogens (tertiary/aromatic N) is 1. The third-order valence-electron chi connectivity index (χ3n) is 2.76. The average Bonchev–Trinajstić information content (AvgIpc) is 2.67. The first-order valence-corrected chi connectivity index (χ1v) is 5.58. The van der Waals surface area contributed by atoms with Crippen LogP contribution in [0.4, 0.5) is 0 Å². The second-order valence-corrected chi connectivity index (χ2v) is 4.40. The Morgan fingerprint density at radius 2 is 2.12 bits per heavy atom. The molecule has 0 aliphatic carbocycles. The fourth-order valence-corrected chi connectivity index (χ4v) is 1.82. The Balaban J connectivity index is 2.25. The van der Waals surface area contributed by atoms with Gasteiger partial charge in [-0.25, -0.2) is 0 Å². The Hall–Kier alpha value is -1.54. The molecule has 1 N–H and O–H groups in total. The monoisotopic (exact) mass is 214 g/mol. The molecule has 0 atom stereocenters. The first-order chi connectivity index (χ1) is 7.69. The van der Waals surface area contributed by atoms with Gasteiger partial charge in [-0.15, -0.1) is 0 Å². The summed E-state index contributed by atoms with van der Waals surface area (Å²) in [4.78, 5) is 5.64. The Morgan fingerprint density at radius 1 is 1.31 bits per heavy atom. The Morgan fingerprint density at radius 3 is 2.81 bits per heavy atom. The Labute approximate surface area is 96.6 Å². The topological polar surface area (TPSA) is 19.0 Å². The molecule has 0 saturated heterocycles. The molecule has 0 radical (unpaired) electrons. The molecule has 0 aliphatic rings. The van der Waals surface area contributed by atoms with Gasteiger partial charge in [0.25, 0.3) is 0 Å². The zero-order valence-corrected chi connectivity index (χ0v) is 9.96. The van der Waals surface area contributed by atoms with Crippen LogP contribution in [0.15, 0.2) is 30.8 Å². The first-order valence-electron chi connectivity index (χ1n) is 5.58. The maximum absolute atomic E-state index is 3.79. The van der Waals surface area contributed by atoms with Gasteiger partial charge in [-0.05, 0) is 37.9 Å². The van der Waals surface area contributed by atoms with Gasteiger partial charge in [-0.1, -0.05) is 18.7 Å². The molecule has 0 aliphatic heterocycles. The standard InChI is InChI=1S/C14H18N2/c1-4-11-5-6-14-12(9-11)10-13(15-14)7-8-16(2)3/h4-6,9-10,15H,1,7-8H2,2-3H3. The lowest BCUT2D eigenvalue weighted by Crippen LogP contribution is -2.15. The van der Waals surface area contributed by atoms with Gasteiger partial charge in [-0.3, -0.25) is 0 Å². The molecular weight excluding hydrogens is 196 g/mol. The molecule has 2 nitrogen and oxygen atoms in total. The zero-order chi connectivity index (χ0) is 11.5. The van der Waals surface area contributed by atoms with Crippen molar-refractivity contribution in [2.45, 2.75) is 6.42 Å². The van der Waals surface area contributed by atoms with Gasteiger partial charge in [0.15, 0.2) is 0 Å². The fourth-order valence-electron chi connectivity index (χ4n) is 1.82. The van der Waals surface area contributed by atoms with Crippen molar-refractivity contribution >= 4 is 17.0 Å². The van der Waals surface area contributed by atoms with Crippen molar-refractivity contribution in [3.05, 3.63) is 42.1 Å². The van der Waals surface area contributed by atoms with E-state index in [0.717, 1.165) is 13.0 Å². The smallest absolute Gasteiger partial charge is 0.0456 e. The van der Waals surface area contributed by atoms with Crippen LogP contribution in [0.5, 0.6) is 0 Å². The van der Waals surface area contributed by atoms with Gasteiger partial charge in [0.2, 0.25) is 0 Å². The minimum absolute atomic E-state index is 1.06. The molecule has 16 heavy (non-hydrogen) atoms. The number of fused-ring (bicyclic) bond motifs is 1. The SMILES string of the molecule is C=Cc1ccc2[nH]c(CCN(C)C)cc2c1. The van der Waals surface area contributed by atoms with Gasteiger partial charge >= 0.3 is 0 Å². The highest BCUT2D eigenvalue weighted by atomic mass is 15.0. The minimum Gasteiger partial charge on any atom is -0.358 e. The van der Waals surface area contributed by atoms with E-state index < -0.39 is 0 Å². The van der Waals surface area contributed by atoms with Crippen LogP contribution in [0.2, 0.25) is 0 Å². The predicted molar refractivity (Wildman–Crippen MR) is 70.6 cm³/mol. The van der Waals surface area contributed by atoms with E-state index in [-0.39, 0.29) is 0 Å². The van der Waals surface area contributed by atoms with Gasteiger partial charge in [0.05, 0.1) is 0 Å². The third-order valence-corrected chi connectivity index (χ3v) is 2.76. The number of H-pyrrole nitrogens is 1. The molecule has 0 spiro atoms. The van der Waals surface area contributed by atoms with E-state index in [1.165, 1.54) is 22.2 Å². The van der Waals surface area contributed by atoms with Gasteiger partial charge in [0, 0.05) is 29.6 Å². The quantitative estimate of drug-likeness (QED) is 0.829. The molecule has 1 aromatic heterocycles. The summed E-state index contributed by atoms with van der Waals surface area (Å²) in [5.41, 5.74) is 3.68. The second-order valence-electron chi connectivity index (χ2n) is 4.40. The lowest BCUT2D eigenvalue weighted by molar-refractivity contribution is 0.412. The van der Waals surface area contributed by atoms with Crippen LogP contribution in [-0.4, -0.2) is 30.5 Å². The molecule has 2 heteroatoms. The summed E-state index contributed by atoms with van der Waals surface area (Å²) in [6, 6.07) is 8.59. The van der Waals surface area contributed by atoms with Crippen molar-refractivity contribution in [3.8, 4) is 0 Å². The van der Waals surface area contributed by atoms with Gasteiger partial charge < -0.3 is 9.88 Å². The van der Waals surface area contributed by atoms with Crippen LogP contribution < -0.4 is 0 Å². The van der Waals surface area contributed by atoms with E-state index in [1.54, 1.807) is 0 Å². The van der Waals surface area contributed by atoms with Crippen molar-refractivity contribution in [2.75, 3.05) is 20.6 Å². The summed E-state index contributed by atoms with van der Waals surface area (Å²) < 4.78 is 0. The molecule has 0 saturated carbocycles.